The molecule has 1 aromatic rings. The first-order valence-electron chi connectivity index (χ1n) is 5.04. The molecule has 2 rings (SSSR count). The summed E-state index contributed by atoms with van der Waals surface area (Å²) >= 11 is 0. The van der Waals surface area contributed by atoms with Crippen molar-refractivity contribution in [3.05, 3.63) is 22.7 Å². The lowest BCUT2D eigenvalue weighted by molar-refractivity contribution is -0.140. The fourth-order valence-corrected chi connectivity index (χ4v) is 1.72. The molecule has 1 aromatic heterocycles. The van der Waals surface area contributed by atoms with Gasteiger partial charge in [-0.2, -0.15) is 13.8 Å². The Balaban J connectivity index is 2.42. The number of hydrogen-bond acceptors (Lipinski definition) is 6. The van der Waals surface area contributed by atoms with Gasteiger partial charge >= 0.3 is 11.6 Å². The number of aromatic nitrogens is 2. The smallest absolute Gasteiger partial charge is 0.351 e. The SMILES string of the molecule is Nc1ccn([C@H]2O[C@H](CO)[C@@H](O)C2(F)F)c(=O)n1. The van der Waals surface area contributed by atoms with Crippen molar-refractivity contribution in [2.24, 2.45) is 0 Å². The number of nitrogen functional groups attached to an aromatic ring is 1. The first-order chi connectivity index (χ1) is 8.37. The molecule has 0 radical (unpaired) electrons. The summed E-state index contributed by atoms with van der Waals surface area (Å²) in [6.07, 6.45) is -4.69. The number of hydrogen-bond donors (Lipinski definition) is 3. The fraction of sp³-hybridized carbons (Fsp3) is 0.556. The van der Waals surface area contributed by atoms with Crippen molar-refractivity contribution in [2.75, 3.05) is 12.3 Å². The molecule has 100 valence electrons. The summed E-state index contributed by atoms with van der Waals surface area (Å²) in [7, 11) is 0. The van der Waals surface area contributed by atoms with Gasteiger partial charge in [-0.3, -0.25) is 4.57 Å². The predicted molar refractivity (Wildman–Crippen MR) is 54.9 cm³/mol. The lowest BCUT2D eigenvalue weighted by Gasteiger charge is -2.20. The van der Waals surface area contributed by atoms with E-state index in [1.807, 2.05) is 0 Å². The van der Waals surface area contributed by atoms with Gasteiger partial charge in [0.25, 0.3) is 0 Å². The van der Waals surface area contributed by atoms with Gasteiger partial charge in [-0.25, -0.2) is 4.79 Å². The van der Waals surface area contributed by atoms with Gasteiger partial charge in [0.05, 0.1) is 6.61 Å². The molecule has 1 fully saturated rings. The second kappa shape index (κ2) is 4.26. The van der Waals surface area contributed by atoms with Crippen LogP contribution >= 0.6 is 0 Å². The second-order valence-electron chi connectivity index (χ2n) is 3.87. The molecule has 3 atom stereocenters. The Morgan fingerprint density at radius 3 is 2.78 bits per heavy atom. The van der Waals surface area contributed by atoms with Crippen molar-refractivity contribution in [3.63, 3.8) is 0 Å². The number of nitrogens with two attached hydrogens (primary N) is 1. The standard InChI is InChI=1S/C9H11F2N3O4/c10-9(11)6(16)4(3-15)18-7(9)14-2-1-5(12)13-8(14)17/h1-2,4,6-7,15-16H,3H2,(H2,12,13,17)/t4-,6-,7+/m1/s1. The number of alkyl halides is 2. The van der Waals surface area contributed by atoms with Crippen LogP contribution in [0, 0.1) is 0 Å². The second-order valence-corrected chi connectivity index (χ2v) is 3.87. The third-order valence-corrected chi connectivity index (χ3v) is 2.66. The Morgan fingerprint density at radius 2 is 2.28 bits per heavy atom. The molecule has 0 saturated carbocycles. The van der Waals surface area contributed by atoms with E-state index in [0.29, 0.717) is 4.57 Å². The zero-order valence-corrected chi connectivity index (χ0v) is 9.03. The van der Waals surface area contributed by atoms with Gasteiger partial charge in [0, 0.05) is 6.20 Å². The average molecular weight is 263 g/mol. The molecule has 0 aromatic carbocycles. The minimum atomic E-state index is -3.71. The minimum absolute atomic E-state index is 0.114. The van der Waals surface area contributed by atoms with E-state index >= 15 is 0 Å². The zero-order valence-electron chi connectivity index (χ0n) is 9.03. The third kappa shape index (κ3) is 1.85. The molecule has 2 heterocycles. The maximum Gasteiger partial charge on any atom is 0.351 e. The molecule has 0 spiro atoms. The largest absolute Gasteiger partial charge is 0.394 e. The molecule has 4 N–H and O–H groups in total. The van der Waals surface area contributed by atoms with Crippen LogP contribution in [-0.4, -0.2) is 44.5 Å². The molecule has 0 amide bonds. The number of anilines is 1. The lowest BCUT2D eigenvalue weighted by Crippen LogP contribution is -2.41. The topological polar surface area (TPSA) is 111 Å². The molecule has 9 heteroatoms. The summed E-state index contributed by atoms with van der Waals surface area (Å²) in [6, 6.07) is 1.15. The molecule has 0 bridgehead atoms. The Bertz CT molecular complexity index is 507. The Labute approximate surface area is 99.4 Å². The van der Waals surface area contributed by atoms with Crippen molar-refractivity contribution in [3.8, 4) is 0 Å². The first-order valence-corrected chi connectivity index (χ1v) is 5.04. The van der Waals surface area contributed by atoms with Crippen LogP contribution in [0.25, 0.3) is 0 Å². The van der Waals surface area contributed by atoms with E-state index < -0.39 is 36.7 Å². The van der Waals surface area contributed by atoms with Crippen LogP contribution in [-0.2, 0) is 4.74 Å². The van der Waals surface area contributed by atoms with Crippen LogP contribution in [0.2, 0.25) is 0 Å². The van der Waals surface area contributed by atoms with Crippen LogP contribution < -0.4 is 11.4 Å². The van der Waals surface area contributed by atoms with E-state index in [9.17, 15) is 18.7 Å². The van der Waals surface area contributed by atoms with Gasteiger partial charge in [-0.05, 0) is 6.07 Å². The van der Waals surface area contributed by atoms with Gasteiger partial charge in [0.2, 0.25) is 6.23 Å². The highest BCUT2D eigenvalue weighted by Crippen LogP contribution is 2.41. The highest BCUT2D eigenvalue weighted by molar-refractivity contribution is 5.23. The predicted octanol–water partition coefficient (Wildman–Crippen LogP) is -1.29. The van der Waals surface area contributed by atoms with E-state index in [2.05, 4.69) is 4.98 Å². The summed E-state index contributed by atoms with van der Waals surface area (Å²) in [4.78, 5) is 14.7. The highest BCUT2D eigenvalue weighted by atomic mass is 19.3. The molecule has 7 nitrogen and oxygen atoms in total. The maximum absolute atomic E-state index is 13.7. The van der Waals surface area contributed by atoms with Crippen LogP contribution in [0.1, 0.15) is 6.23 Å². The van der Waals surface area contributed by atoms with Crippen LogP contribution in [0.4, 0.5) is 14.6 Å². The minimum Gasteiger partial charge on any atom is -0.394 e. The monoisotopic (exact) mass is 263 g/mol. The lowest BCUT2D eigenvalue weighted by atomic mass is 10.1. The summed E-state index contributed by atoms with van der Waals surface area (Å²) in [5.74, 6) is -3.83. The van der Waals surface area contributed by atoms with Gasteiger partial charge < -0.3 is 20.7 Å². The summed E-state index contributed by atoms with van der Waals surface area (Å²) in [5, 5.41) is 18.1. The number of rotatable bonds is 2. The van der Waals surface area contributed by atoms with E-state index in [0.717, 1.165) is 12.3 Å². The van der Waals surface area contributed by atoms with E-state index in [1.54, 1.807) is 0 Å². The number of nitrogens with zero attached hydrogens (tertiary/aromatic N) is 2. The quantitative estimate of drug-likeness (QED) is 0.612. The molecular formula is C9H11F2N3O4. The molecule has 1 aliphatic rings. The Hall–Kier alpha value is -1.58. The Morgan fingerprint density at radius 1 is 1.61 bits per heavy atom. The maximum atomic E-state index is 13.7. The molecule has 0 unspecified atom stereocenters. The number of ether oxygens (including phenoxy) is 1. The van der Waals surface area contributed by atoms with Crippen LogP contribution in [0.15, 0.2) is 17.1 Å². The fourth-order valence-electron chi connectivity index (χ4n) is 1.72. The molecule has 1 aliphatic heterocycles. The summed E-state index contributed by atoms with van der Waals surface area (Å²) < 4.78 is 32.7. The van der Waals surface area contributed by atoms with E-state index in [-0.39, 0.29) is 5.82 Å². The average Bonchev–Trinajstić information content (AvgIpc) is 2.52. The van der Waals surface area contributed by atoms with Gasteiger partial charge in [-0.15, -0.1) is 0 Å². The summed E-state index contributed by atoms with van der Waals surface area (Å²) in [6.45, 7) is -0.787. The normalized spacial score (nSPS) is 30.6. The van der Waals surface area contributed by atoms with Gasteiger partial charge in [-0.1, -0.05) is 0 Å². The van der Waals surface area contributed by atoms with Crippen molar-refractivity contribution in [1.82, 2.24) is 9.55 Å². The molecular weight excluding hydrogens is 252 g/mol. The Kier molecular flexibility index (Phi) is 3.05. The summed E-state index contributed by atoms with van der Waals surface area (Å²) in [5.41, 5.74) is 4.21. The van der Waals surface area contributed by atoms with Crippen molar-refractivity contribution in [2.45, 2.75) is 24.4 Å². The molecule has 18 heavy (non-hydrogen) atoms. The van der Waals surface area contributed by atoms with Gasteiger partial charge in [0.15, 0.2) is 6.10 Å². The number of halogens is 2. The third-order valence-electron chi connectivity index (χ3n) is 2.66. The van der Waals surface area contributed by atoms with E-state index in [4.69, 9.17) is 15.6 Å². The van der Waals surface area contributed by atoms with Crippen molar-refractivity contribution in [1.29, 1.82) is 0 Å². The first kappa shape index (κ1) is 12.9. The number of aliphatic hydroxyl groups is 2. The van der Waals surface area contributed by atoms with Crippen molar-refractivity contribution < 1.29 is 23.7 Å². The van der Waals surface area contributed by atoms with Crippen molar-refractivity contribution >= 4 is 5.82 Å². The molecule has 0 aliphatic carbocycles. The van der Waals surface area contributed by atoms with Gasteiger partial charge in [0.1, 0.15) is 11.9 Å². The molecule has 1 saturated heterocycles. The van der Waals surface area contributed by atoms with E-state index in [1.165, 1.54) is 0 Å². The zero-order chi connectivity index (χ0) is 13.5. The van der Waals surface area contributed by atoms with Crippen LogP contribution in [0.5, 0.6) is 0 Å². The number of aliphatic hydroxyl groups excluding tert-OH is 2. The highest BCUT2D eigenvalue weighted by Gasteiger charge is 2.59. The van der Waals surface area contributed by atoms with Crippen LogP contribution in [0.3, 0.4) is 0 Å².